The molecule has 0 aliphatic carbocycles. The van der Waals surface area contributed by atoms with E-state index in [1.165, 1.54) is 17.5 Å². The highest BCUT2D eigenvalue weighted by Gasteiger charge is 2.29. The first-order chi connectivity index (χ1) is 15.9. The van der Waals surface area contributed by atoms with Gasteiger partial charge >= 0.3 is 0 Å². The summed E-state index contributed by atoms with van der Waals surface area (Å²) in [6.07, 6.45) is 3.02. The highest BCUT2D eigenvalue weighted by molar-refractivity contribution is 8.03. The van der Waals surface area contributed by atoms with Crippen LogP contribution in [-0.4, -0.2) is 19.7 Å². The molecule has 1 N–H and O–H groups in total. The Hall–Kier alpha value is -2.73. The van der Waals surface area contributed by atoms with E-state index in [0.717, 1.165) is 22.6 Å². The van der Waals surface area contributed by atoms with Crippen molar-refractivity contribution < 1.29 is 9.53 Å². The van der Waals surface area contributed by atoms with E-state index in [-0.39, 0.29) is 5.91 Å². The first-order valence-corrected chi connectivity index (χ1v) is 12.5. The molecule has 3 rings (SSSR count). The van der Waals surface area contributed by atoms with Crippen LogP contribution in [0.15, 0.2) is 57.1 Å². The molecule has 0 saturated carbocycles. The van der Waals surface area contributed by atoms with Crippen molar-refractivity contribution in [2.75, 3.05) is 12.1 Å². The molecule has 0 atom stereocenters. The van der Waals surface area contributed by atoms with E-state index in [0.29, 0.717) is 22.8 Å². The van der Waals surface area contributed by atoms with Gasteiger partial charge in [-0.2, -0.15) is 5.10 Å². The molecule has 0 unspecified atom stereocenters. The molecule has 0 radical (unpaired) electrons. The molecule has 0 spiro atoms. The number of hydrogen-bond donors (Lipinski definition) is 1. The Kier molecular flexibility index (Phi) is 12.4. The molecular formula is C27H39N3O2S. The van der Waals surface area contributed by atoms with Crippen molar-refractivity contribution in [1.29, 1.82) is 0 Å². The van der Waals surface area contributed by atoms with Crippen LogP contribution >= 0.6 is 11.8 Å². The van der Waals surface area contributed by atoms with Crippen LogP contribution in [0.2, 0.25) is 0 Å². The van der Waals surface area contributed by atoms with Gasteiger partial charge in [-0.25, -0.2) is 5.01 Å². The first kappa shape index (κ1) is 28.3. The number of hydrazone groups is 1. The van der Waals surface area contributed by atoms with E-state index >= 15 is 0 Å². The van der Waals surface area contributed by atoms with E-state index in [9.17, 15) is 4.79 Å². The van der Waals surface area contributed by atoms with Crippen LogP contribution in [0.1, 0.15) is 75.4 Å². The molecule has 1 aliphatic heterocycles. The van der Waals surface area contributed by atoms with Gasteiger partial charge in [0.05, 0.1) is 18.4 Å². The van der Waals surface area contributed by atoms with Crippen molar-refractivity contribution >= 4 is 30.1 Å². The van der Waals surface area contributed by atoms with Crippen molar-refractivity contribution in [3.63, 3.8) is 0 Å². The second-order valence-corrected chi connectivity index (χ2v) is 8.53. The minimum absolute atomic E-state index is 0.151. The summed E-state index contributed by atoms with van der Waals surface area (Å²) in [5.41, 5.74) is 3.65. The van der Waals surface area contributed by atoms with Crippen LogP contribution in [-0.2, 0) is 0 Å². The third kappa shape index (κ3) is 7.39. The van der Waals surface area contributed by atoms with Crippen LogP contribution in [0.25, 0.3) is 0 Å². The summed E-state index contributed by atoms with van der Waals surface area (Å²) in [5.74, 6) is 1.18. The van der Waals surface area contributed by atoms with Crippen molar-refractivity contribution in [2.24, 2.45) is 5.10 Å². The van der Waals surface area contributed by atoms with Crippen LogP contribution in [0.5, 0.6) is 5.75 Å². The number of amides is 1. The molecule has 1 amide bonds. The lowest BCUT2D eigenvalue weighted by Gasteiger charge is -2.31. The standard InChI is InChI=1S/C22H25N3O2S.C3H8.C2H6/c1-6-7-20(28-19-11-8-14(2)12-15(19)3)21-24-22(26)17-10-9-16(27-5)13-18(17)25(21)23-4;1-3-2;1-2/h8-13H,4,6-7H2,1-3,5H3,(H,24,26);3H2,1-2H3;1-2H3/b21-20+;;. The van der Waals surface area contributed by atoms with Crippen LogP contribution < -0.4 is 15.1 Å². The molecule has 2 aromatic carbocycles. The van der Waals surface area contributed by atoms with Crippen LogP contribution in [0, 0.1) is 13.8 Å². The minimum atomic E-state index is -0.151. The molecule has 1 aliphatic rings. The van der Waals surface area contributed by atoms with Crippen molar-refractivity contribution in [2.45, 2.75) is 72.6 Å². The van der Waals surface area contributed by atoms with Gasteiger partial charge in [-0.15, -0.1) is 0 Å². The third-order valence-electron chi connectivity index (χ3n) is 4.57. The lowest BCUT2D eigenvalue weighted by atomic mass is 10.1. The molecule has 33 heavy (non-hydrogen) atoms. The Morgan fingerprint density at radius 2 is 1.79 bits per heavy atom. The molecule has 1 heterocycles. The maximum absolute atomic E-state index is 12.7. The number of aryl methyl sites for hydroxylation is 2. The highest BCUT2D eigenvalue weighted by Crippen LogP contribution is 2.39. The Bertz CT molecular complexity index is 970. The Labute approximate surface area is 204 Å². The lowest BCUT2D eigenvalue weighted by molar-refractivity contribution is 0.0960. The van der Waals surface area contributed by atoms with Gasteiger partial charge in [0, 0.05) is 22.6 Å². The van der Waals surface area contributed by atoms with E-state index in [1.54, 1.807) is 36.0 Å². The molecule has 0 aromatic heterocycles. The Morgan fingerprint density at radius 1 is 1.12 bits per heavy atom. The van der Waals surface area contributed by atoms with Gasteiger partial charge < -0.3 is 10.1 Å². The Balaban J connectivity index is 0.00000101. The maximum Gasteiger partial charge on any atom is 0.259 e. The molecule has 6 heteroatoms. The topological polar surface area (TPSA) is 53.9 Å². The number of carbonyl (C=O) groups is 1. The fourth-order valence-corrected chi connectivity index (χ4v) is 4.34. The predicted octanol–water partition coefficient (Wildman–Crippen LogP) is 7.68. The van der Waals surface area contributed by atoms with Gasteiger partial charge in [0.25, 0.3) is 5.91 Å². The summed E-state index contributed by atoms with van der Waals surface area (Å²) in [6.45, 7) is 18.3. The molecule has 180 valence electrons. The number of ether oxygens (including phenoxy) is 1. The number of thioether (sulfide) groups is 1. The van der Waals surface area contributed by atoms with Crippen LogP contribution in [0.4, 0.5) is 5.69 Å². The average molecular weight is 470 g/mol. The third-order valence-corrected chi connectivity index (χ3v) is 5.89. The molecular weight excluding hydrogens is 430 g/mol. The number of nitrogens with one attached hydrogen (secondary N) is 1. The second-order valence-electron chi connectivity index (χ2n) is 7.39. The number of methoxy groups -OCH3 is 1. The summed E-state index contributed by atoms with van der Waals surface area (Å²) in [7, 11) is 1.60. The summed E-state index contributed by atoms with van der Waals surface area (Å²) in [4.78, 5) is 15.0. The summed E-state index contributed by atoms with van der Waals surface area (Å²) in [6, 6.07) is 11.7. The summed E-state index contributed by atoms with van der Waals surface area (Å²) >= 11 is 1.67. The molecule has 5 nitrogen and oxygen atoms in total. The lowest BCUT2D eigenvalue weighted by Crippen LogP contribution is -2.39. The largest absolute Gasteiger partial charge is 0.497 e. The van der Waals surface area contributed by atoms with E-state index < -0.39 is 0 Å². The number of allylic oxidation sites excluding steroid dienone is 1. The number of anilines is 1. The fraction of sp³-hybridized carbons (Fsp3) is 0.407. The number of fused-ring (bicyclic) bond motifs is 1. The second kappa shape index (κ2) is 14.4. The van der Waals surface area contributed by atoms with Crippen molar-refractivity contribution in [3.8, 4) is 5.75 Å². The zero-order valence-corrected chi connectivity index (χ0v) is 22.2. The molecule has 0 fully saturated rings. The average Bonchev–Trinajstić information content (AvgIpc) is 2.81. The van der Waals surface area contributed by atoms with Gasteiger partial charge in [0.2, 0.25) is 0 Å². The quantitative estimate of drug-likeness (QED) is 0.348. The zero-order valence-electron chi connectivity index (χ0n) is 21.4. The van der Waals surface area contributed by atoms with Gasteiger partial charge in [-0.1, -0.05) is 76.9 Å². The minimum Gasteiger partial charge on any atom is -0.497 e. The smallest absolute Gasteiger partial charge is 0.259 e. The van der Waals surface area contributed by atoms with Crippen molar-refractivity contribution in [1.82, 2.24) is 5.32 Å². The van der Waals surface area contributed by atoms with Gasteiger partial charge in [-0.3, -0.25) is 4.79 Å². The van der Waals surface area contributed by atoms with E-state index in [1.807, 2.05) is 19.9 Å². The predicted molar refractivity (Wildman–Crippen MR) is 144 cm³/mol. The molecule has 2 aromatic rings. The monoisotopic (exact) mass is 469 g/mol. The van der Waals surface area contributed by atoms with E-state index in [4.69, 9.17) is 4.74 Å². The highest BCUT2D eigenvalue weighted by atomic mass is 32.2. The maximum atomic E-state index is 12.7. The van der Waals surface area contributed by atoms with Gasteiger partial charge in [-0.05, 0) is 44.0 Å². The summed E-state index contributed by atoms with van der Waals surface area (Å²) < 4.78 is 5.33. The normalized spacial score (nSPS) is 13.5. The number of benzene rings is 2. The molecule has 0 saturated heterocycles. The fourth-order valence-electron chi connectivity index (χ4n) is 3.18. The molecule has 0 bridgehead atoms. The number of carbonyl (C=O) groups excluding carboxylic acids is 1. The zero-order chi connectivity index (χ0) is 25.0. The van der Waals surface area contributed by atoms with Gasteiger partial charge in [0.1, 0.15) is 11.6 Å². The number of rotatable bonds is 6. The number of hydrogen-bond acceptors (Lipinski definition) is 5. The Morgan fingerprint density at radius 3 is 2.33 bits per heavy atom. The first-order valence-electron chi connectivity index (χ1n) is 11.6. The summed E-state index contributed by atoms with van der Waals surface area (Å²) in [5, 5.41) is 8.92. The van der Waals surface area contributed by atoms with E-state index in [2.05, 4.69) is 70.0 Å². The SMILES string of the molecule is C=NN1/C(=C(\CCC)Sc2ccc(C)cc2C)NC(=O)c2ccc(OC)cc21.CC.CCC. The van der Waals surface area contributed by atoms with Crippen LogP contribution in [0.3, 0.4) is 0 Å². The van der Waals surface area contributed by atoms with Gasteiger partial charge in [0.15, 0.2) is 0 Å². The number of nitrogens with zero attached hydrogens (tertiary/aromatic N) is 2. The van der Waals surface area contributed by atoms with Crippen molar-refractivity contribution in [3.05, 3.63) is 63.8 Å².